The fourth-order valence-corrected chi connectivity index (χ4v) is 6.99. The SMILES string of the molecule is Cc1ccc(S(=O)(=O)N(CC(=O)Nc2ccc(S(=O)(=O)N3CCOCC3)cc2)c2cc(C)ccc2C)cc1. The highest BCUT2D eigenvalue weighted by molar-refractivity contribution is 7.92. The molecule has 0 aromatic heterocycles. The Bertz CT molecular complexity index is 1510. The second-order valence-electron chi connectivity index (χ2n) is 9.20. The summed E-state index contributed by atoms with van der Waals surface area (Å²) < 4.78 is 60.7. The molecule has 0 spiro atoms. The molecule has 0 unspecified atom stereocenters. The smallest absolute Gasteiger partial charge is 0.264 e. The predicted octanol–water partition coefficient (Wildman–Crippen LogP) is 3.47. The van der Waals surface area contributed by atoms with E-state index < -0.39 is 32.5 Å². The number of rotatable bonds is 8. The van der Waals surface area contributed by atoms with Crippen molar-refractivity contribution < 1.29 is 26.4 Å². The molecule has 3 aromatic carbocycles. The average Bonchev–Trinajstić information content (AvgIpc) is 2.90. The molecule has 1 aliphatic heterocycles. The van der Waals surface area contributed by atoms with E-state index in [9.17, 15) is 21.6 Å². The number of hydrogen-bond donors (Lipinski definition) is 1. The summed E-state index contributed by atoms with van der Waals surface area (Å²) in [5.41, 5.74) is 3.24. The highest BCUT2D eigenvalue weighted by atomic mass is 32.2. The summed E-state index contributed by atoms with van der Waals surface area (Å²) in [5.74, 6) is -0.564. The molecule has 0 bridgehead atoms. The Balaban J connectivity index is 1.57. The minimum absolute atomic E-state index is 0.0782. The fraction of sp³-hybridized carbons (Fsp3) is 0.296. The third-order valence-corrected chi connectivity index (χ3v) is 9.96. The van der Waals surface area contributed by atoms with E-state index in [4.69, 9.17) is 4.74 Å². The molecule has 11 heteroatoms. The molecule has 3 aromatic rings. The molecule has 1 aliphatic rings. The van der Waals surface area contributed by atoms with E-state index in [1.165, 1.54) is 40.7 Å². The third kappa shape index (κ3) is 6.07. The second-order valence-corrected chi connectivity index (χ2v) is 13.0. The van der Waals surface area contributed by atoms with Crippen LogP contribution in [0.1, 0.15) is 16.7 Å². The van der Waals surface area contributed by atoms with Crippen molar-refractivity contribution in [3.8, 4) is 0 Å². The summed E-state index contributed by atoms with van der Waals surface area (Å²) in [6, 6.07) is 17.7. The Morgan fingerprint density at radius 1 is 0.842 bits per heavy atom. The van der Waals surface area contributed by atoms with Crippen LogP contribution in [0.2, 0.25) is 0 Å². The number of benzene rings is 3. The fourth-order valence-electron chi connectivity index (χ4n) is 4.10. The van der Waals surface area contributed by atoms with Gasteiger partial charge in [0.2, 0.25) is 15.9 Å². The monoisotopic (exact) mass is 557 g/mol. The minimum atomic E-state index is -4.06. The van der Waals surface area contributed by atoms with Gasteiger partial charge in [-0.1, -0.05) is 29.8 Å². The number of aryl methyl sites for hydroxylation is 3. The summed E-state index contributed by atoms with van der Waals surface area (Å²) in [6.07, 6.45) is 0. The van der Waals surface area contributed by atoms with Crippen molar-refractivity contribution in [3.05, 3.63) is 83.4 Å². The van der Waals surface area contributed by atoms with Gasteiger partial charge in [-0.25, -0.2) is 16.8 Å². The number of carbonyl (C=O) groups excluding carboxylic acids is 1. The number of morpholine rings is 1. The normalized spacial score (nSPS) is 14.7. The maximum Gasteiger partial charge on any atom is 0.264 e. The van der Waals surface area contributed by atoms with E-state index in [2.05, 4.69) is 5.32 Å². The van der Waals surface area contributed by atoms with Crippen molar-refractivity contribution in [1.82, 2.24) is 4.31 Å². The number of nitrogens with zero attached hydrogens (tertiary/aromatic N) is 2. The molecule has 1 amide bonds. The van der Waals surface area contributed by atoms with Crippen LogP contribution < -0.4 is 9.62 Å². The zero-order valence-corrected chi connectivity index (χ0v) is 23.2. The molecule has 4 rings (SSSR count). The average molecular weight is 558 g/mol. The van der Waals surface area contributed by atoms with Crippen molar-refractivity contribution in [3.63, 3.8) is 0 Å². The van der Waals surface area contributed by atoms with E-state index in [1.54, 1.807) is 25.1 Å². The van der Waals surface area contributed by atoms with Gasteiger partial charge in [0.05, 0.1) is 28.7 Å². The highest BCUT2D eigenvalue weighted by Crippen LogP contribution is 2.28. The summed E-state index contributed by atoms with van der Waals surface area (Å²) in [4.78, 5) is 13.3. The Morgan fingerprint density at radius 2 is 1.42 bits per heavy atom. The first kappa shape index (κ1) is 27.8. The van der Waals surface area contributed by atoms with Gasteiger partial charge in [-0.05, 0) is 74.4 Å². The zero-order chi connectivity index (χ0) is 27.5. The van der Waals surface area contributed by atoms with Gasteiger partial charge in [0, 0.05) is 18.8 Å². The molecule has 1 N–H and O–H groups in total. The van der Waals surface area contributed by atoms with Crippen LogP contribution in [0.4, 0.5) is 11.4 Å². The Hall–Kier alpha value is -3.25. The van der Waals surface area contributed by atoms with Gasteiger partial charge in [0.15, 0.2) is 0 Å². The lowest BCUT2D eigenvalue weighted by atomic mass is 10.1. The van der Waals surface area contributed by atoms with E-state index in [1.807, 2.05) is 26.0 Å². The molecule has 1 heterocycles. The van der Waals surface area contributed by atoms with Gasteiger partial charge in [-0.15, -0.1) is 0 Å². The highest BCUT2D eigenvalue weighted by Gasteiger charge is 2.29. The van der Waals surface area contributed by atoms with Gasteiger partial charge in [-0.2, -0.15) is 4.31 Å². The molecule has 38 heavy (non-hydrogen) atoms. The van der Waals surface area contributed by atoms with E-state index in [0.29, 0.717) is 30.2 Å². The predicted molar refractivity (Wildman–Crippen MR) is 146 cm³/mol. The van der Waals surface area contributed by atoms with Gasteiger partial charge in [0.25, 0.3) is 10.0 Å². The van der Waals surface area contributed by atoms with E-state index in [-0.39, 0.29) is 22.9 Å². The van der Waals surface area contributed by atoms with Gasteiger partial charge in [-0.3, -0.25) is 9.10 Å². The largest absolute Gasteiger partial charge is 0.379 e. The summed E-state index contributed by atoms with van der Waals surface area (Å²) in [7, 11) is -7.73. The Morgan fingerprint density at radius 3 is 2.05 bits per heavy atom. The lowest BCUT2D eigenvalue weighted by Gasteiger charge is -2.26. The minimum Gasteiger partial charge on any atom is -0.379 e. The Kier molecular flexibility index (Phi) is 8.22. The first-order chi connectivity index (χ1) is 18.0. The molecule has 0 aliphatic carbocycles. The summed E-state index contributed by atoms with van der Waals surface area (Å²) in [5, 5.41) is 2.69. The van der Waals surface area contributed by atoms with Crippen molar-refractivity contribution in [2.45, 2.75) is 30.6 Å². The Labute approximate surface area is 224 Å². The molecule has 202 valence electrons. The maximum absolute atomic E-state index is 13.7. The van der Waals surface area contributed by atoms with Crippen LogP contribution in [0.5, 0.6) is 0 Å². The van der Waals surface area contributed by atoms with Crippen LogP contribution >= 0.6 is 0 Å². The number of sulfonamides is 2. The number of amides is 1. The van der Waals surface area contributed by atoms with Gasteiger partial charge in [0.1, 0.15) is 6.54 Å². The number of ether oxygens (including phenoxy) is 1. The lowest BCUT2D eigenvalue weighted by Crippen LogP contribution is -2.40. The van der Waals surface area contributed by atoms with Crippen LogP contribution in [-0.4, -0.2) is 59.9 Å². The summed E-state index contributed by atoms with van der Waals surface area (Å²) in [6.45, 7) is 6.29. The van der Waals surface area contributed by atoms with Crippen LogP contribution in [0, 0.1) is 20.8 Å². The molecule has 1 saturated heterocycles. The lowest BCUT2D eigenvalue weighted by molar-refractivity contribution is -0.114. The van der Waals surface area contributed by atoms with Crippen LogP contribution in [0.15, 0.2) is 76.5 Å². The topological polar surface area (TPSA) is 113 Å². The standard InChI is InChI=1S/C27H31N3O6S2/c1-20-5-10-25(11-6-20)38(34,35)30(26-18-21(2)4-7-22(26)3)19-27(31)28-23-8-12-24(13-9-23)37(32,33)29-14-16-36-17-15-29/h4-13,18H,14-17,19H2,1-3H3,(H,28,31). The van der Waals surface area contributed by atoms with Crippen LogP contribution in [0.25, 0.3) is 0 Å². The number of anilines is 2. The van der Waals surface area contributed by atoms with Gasteiger partial charge < -0.3 is 10.1 Å². The first-order valence-electron chi connectivity index (χ1n) is 12.1. The van der Waals surface area contributed by atoms with Crippen molar-refractivity contribution in [2.75, 3.05) is 42.5 Å². The zero-order valence-electron chi connectivity index (χ0n) is 21.5. The van der Waals surface area contributed by atoms with Crippen molar-refractivity contribution in [2.24, 2.45) is 0 Å². The number of hydrogen-bond acceptors (Lipinski definition) is 6. The maximum atomic E-state index is 13.7. The molecular formula is C27H31N3O6S2. The molecule has 1 fully saturated rings. The molecule has 0 atom stereocenters. The van der Waals surface area contributed by atoms with E-state index in [0.717, 1.165) is 15.4 Å². The first-order valence-corrected chi connectivity index (χ1v) is 15.0. The quantitative estimate of drug-likeness (QED) is 0.454. The second kappa shape index (κ2) is 11.2. The molecule has 9 nitrogen and oxygen atoms in total. The molecule has 0 radical (unpaired) electrons. The van der Waals surface area contributed by atoms with Crippen LogP contribution in [-0.2, 0) is 29.6 Å². The third-order valence-electron chi connectivity index (χ3n) is 6.28. The molecular weight excluding hydrogens is 526 g/mol. The molecule has 0 saturated carbocycles. The number of carbonyl (C=O) groups is 1. The van der Waals surface area contributed by atoms with Crippen molar-refractivity contribution >= 4 is 37.3 Å². The van der Waals surface area contributed by atoms with E-state index >= 15 is 0 Å². The number of nitrogens with one attached hydrogen (secondary N) is 1. The van der Waals surface area contributed by atoms with Crippen molar-refractivity contribution in [1.29, 1.82) is 0 Å². The van der Waals surface area contributed by atoms with Crippen LogP contribution in [0.3, 0.4) is 0 Å². The van der Waals surface area contributed by atoms with Gasteiger partial charge >= 0.3 is 0 Å². The summed E-state index contributed by atoms with van der Waals surface area (Å²) >= 11 is 0.